The molecule has 1 aromatic carbocycles. The molecule has 0 fully saturated rings. The maximum absolute atomic E-state index is 5.45. The first-order valence-electron chi connectivity index (χ1n) is 5.19. The monoisotopic (exact) mass is 199 g/mol. The molecular weight excluding hydrogens is 185 g/mol. The number of nitrogens with zero attached hydrogens (tertiary/aromatic N) is 1. The molecule has 0 spiro atoms. The van der Waals surface area contributed by atoms with Gasteiger partial charge in [-0.1, -0.05) is 19.1 Å². The quantitative estimate of drug-likeness (QED) is 0.674. The van der Waals surface area contributed by atoms with Crippen LogP contribution in [0.4, 0.5) is 0 Å². The Labute approximate surface area is 90.7 Å². The van der Waals surface area contributed by atoms with Crippen LogP contribution in [0.2, 0.25) is 0 Å². The van der Waals surface area contributed by atoms with Crippen LogP contribution in [0.3, 0.4) is 0 Å². The molecule has 2 rings (SSSR count). The fourth-order valence-corrected chi connectivity index (χ4v) is 1.84. The van der Waals surface area contributed by atoms with E-state index in [-0.39, 0.29) is 0 Å². The predicted molar refractivity (Wildman–Crippen MR) is 65.9 cm³/mol. The Morgan fingerprint density at radius 3 is 2.73 bits per heavy atom. The highest BCUT2D eigenvalue weighted by Crippen LogP contribution is 2.28. The summed E-state index contributed by atoms with van der Waals surface area (Å²) in [5.41, 5.74) is 3.27. The van der Waals surface area contributed by atoms with Crippen molar-refractivity contribution in [2.75, 3.05) is 7.11 Å². The lowest BCUT2D eigenvalue weighted by atomic mass is 10.0. The fourth-order valence-electron chi connectivity index (χ4n) is 1.84. The van der Waals surface area contributed by atoms with E-state index in [0.717, 1.165) is 28.7 Å². The molecule has 0 saturated carbocycles. The topological polar surface area (TPSA) is 22.1 Å². The number of pyridine rings is 1. The van der Waals surface area contributed by atoms with Crippen LogP contribution in [-0.4, -0.2) is 19.9 Å². The van der Waals surface area contributed by atoms with Gasteiger partial charge in [0.25, 0.3) is 0 Å². The molecule has 15 heavy (non-hydrogen) atoms. The van der Waals surface area contributed by atoms with Crippen LogP contribution in [0.15, 0.2) is 24.3 Å². The Morgan fingerprint density at radius 1 is 1.27 bits per heavy atom. The van der Waals surface area contributed by atoms with Crippen molar-refractivity contribution in [2.45, 2.75) is 13.3 Å². The molecule has 0 aliphatic carbocycles. The third kappa shape index (κ3) is 1.69. The van der Waals surface area contributed by atoms with E-state index in [9.17, 15) is 0 Å². The van der Waals surface area contributed by atoms with E-state index < -0.39 is 0 Å². The smallest absolute Gasteiger partial charge is 0.163 e. The van der Waals surface area contributed by atoms with Gasteiger partial charge in [-0.25, -0.2) is 0 Å². The van der Waals surface area contributed by atoms with E-state index in [1.807, 2.05) is 13.9 Å². The molecule has 3 heteroatoms. The van der Waals surface area contributed by atoms with E-state index in [2.05, 4.69) is 30.1 Å². The number of methoxy groups -OCH3 is 1. The summed E-state index contributed by atoms with van der Waals surface area (Å²) in [5.74, 6) is 0.961. The van der Waals surface area contributed by atoms with Crippen LogP contribution in [0, 0.1) is 0 Å². The Balaban J connectivity index is 2.76. The first-order chi connectivity index (χ1) is 7.26. The molecular formula is C12H14BNO. The molecule has 0 atom stereocenters. The second kappa shape index (κ2) is 3.93. The van der Waals surface area contributed by atoms with Crippen molar-refractivity contribution in [3.8, 4) is 5.75 Å². The Hall–Kier alpha value is -1.51. The SMILES string of the molecule is Bc1ccc2c(OC)c(CC)ccc2n1. The van der Waals surface area contributed by atoms with Crippen molar-refractivity contribution in [3.63, 3.8) is 0 Å². The predicted octanol–water partition coefficient (Wildman–Crippen LogP) is 1.06. The minimum atomic E-state index is 0.961. The average molecular weight is 199 g/mol. The van der Waals surface area contributed by atoms with Crippen LogP contribution in [0.25, 0.3) is 10.9 Å². The first-order valence-corrected chi connectivity index (χ1v) is 5.19. The minimum Gasteiger partial charge on any atom is -0.496 e. The minimum absolute atomic E-state index is 0.961. The van der Waals surface area contributed by atoms with E-state index in [0.29, 0.717) is 0 Å². The highest BCUT2D eigenvalue weighted by molar-refractivity contribution is 6.31. The molecule has 0 aliphatic rings. The highest BCUT2D eigenvalue weighted by Gasteiger charge is 2.07. The van der Waals surface area contributed by atoms with Crippen LogP contribution < -0.4 is 10.3 Å². The normalized spacial score (nSPS) is 10.5. The largest absolute Gasteiger partial charge is 0.496 e. The molecule has 0 N–H and O–H groups in total. The molecule has 1 heterocycles. The number of hydrogen-bond acceptors (Lipinski definition) is 2. The molecule has 0 aliphatic heterocycles. The van der Waals surface area contributed by atoms with Crippen molar-refractivity contribution in [3.05, 3.63) is 29.8 Å². The lowest BCUT2D eigenvalue weighted by Gasteiger charge is -2.10. The Bertz CT molecular complexity index is 496. The van der Waals surface area contributed by atoms with Gasteiger partial charge in [0.1, 0.15) is 5.75 Å². The molecule has 2 nitrogen and oxygen atoms in total. The van der Waals surface area contributed by atoms with Gasteiger partial charge in [0.05, 0.1) is 12.6 Å². The lowest BCUT2D eigenvalue weighted by molar-refractivity contribution is 0.415. The number of aryl methyl sites for hydroxylation is 1. The van der Waals surface area contributed by atoms with E-state index in [1.165, 1.54) is 5.56 Å². The van der Waals surface area contributed by atoms with Gasteiger partial charge >= 0.3 is 0 Å². The summed E-state index contributed by atoms with van der Waals surface area (Å²) in [6.45, 7) is 2.13. The number of fused-ring (bicyclic) bond motifs is 1. The third-order valence-electron chi connectivity index (χ3n) is 2.63. The zero-order chi connectivity index (χ0) is 10.8. The number of rotatable bonds is 2. The summed E-state index contributed by atoms with van der Waals surface area (Å²) in [6.07, 6.45) is 0.979. The van der Waals surface area contributed by atoms with E-state index in [4.69, 9.17) is 4.74 Å². The van der Waals surface area contributed by atoms with Crippen molar-refractivity contribution >= 4 is 24.3 Å². The van der Waals surface area contributed by atoms with Gasteiger partial charge < -0.3 is 4.74 Å². The second-order valence-electron chi connectivity index (χ2n) is 3.63. The van der Waals surface area contributed by atoms with Gasteiger partial charge in [0, 0.05) is 5.39 Å². The Kier molecular flexibility index (Phi) is 2.63. The maximum atomic E-state index is 5.45. The molecule has 76 valence electrons. The van der Waals surface area contributed by atoms with Crippen LogP contribution >= 0.6 is 0 Å². The lowest BCUT2D eigenvalue weighted by Crippen LogP contribution is -2.07. The van der Waals surface area contributed by atoms with Crippen molar-refractivity contribution in [2.24, 2.45) is 0 Å². The first kappa shape index (κ1) is 10.0. The summed E-state index contributed by atoms with van der Waals surface area (Å²) in [7, 11) is 3.72. The van der Waals surface area contributed by atoms with Gasteiger partial charge in [-0.05, 0) is 29.7 Å². The highest BCUT2D eigenvalue weighted by atomic mass is 16.5. The molecule has 0 bridgehead atoms. The van der Waals surface area contributed by atoms with Gasteiger partial charge in [-0.2, -0.15) is 0 Å². The van der Waals surface area contributed by atoms with Crippen molar-refractivity contribution in [1.82, 2.24) is 4.98 Å². The van der Waals surface area contributed by atoms with Gasteiger partial charge in [0.15, 0.2) is 7.85 Å². The molecule has 1 aromatic heterocycles. The zero-order valence-corrected chi connectivity index (χ0v) is 9.37. The average Bonchev–Trinajstić information content (AvgIpc) is 2.27. The molecule has 0 amide bonds. The maximum Gasteiger partial charge on any atom is 0.163 e. The molecule has 0 saturated heterocycles. The zero-order valence-electron chi connectivity index (χ0n) is 9.37. The number of hydrogen-bond donors (Lipinski definition) is 0. The third-order valence-corrected chi connectivity index (χ3v) is 2.63. The number of benzene rings is 1. The second-order valence-corrected chi connectivity index (χ2v) is 3.63. The summed E-state index contributed by atoms with van der Waals surface area (Å²) in [6, 6.07) is 8.25. The summed E-state index contributed by atoms with van der Waals surface area (Å²) >= 11 is 0. The van der Waals surface area contributed by atoms with Crippen LogP contribution in [0.1, 0.15) is 12.5 Å². The van der Waals surface area contributed by atoms with Gasteiger partial charge in [-0.3, -0.25) is 4.98 Å². The van der Waals surface area contributed by atoms with Crippen LogP contribution in [-0.2, 0) is 6.42 Å². The molecule has 2 aromatic rings. The fraction of sp³-hybridized carbons (Fsp3) is 0.250. The van der Waals surface area contributed by atoms with Gasteiger partial charge in [0.2, 0.25) is 0 Å². The van der Waals surface area contributed by atoms with E-state index in [1.54, 1.807) is 7.11 Å². The van der Waals surface area contributed by atoms with Crippen molar-refractivity contribution in [1.29, 1.82) is 0 Å². The van der Waals surface area contributed by atoms with Crippen molar-refractivity contribution < 1.29 is 4.74 Å². The summed E-state index contributed by atoms with van der Waals surface area (Å²) in [5, 5.41) is 1.10. The van der Waals surface area contributed by atoms with Crippen LogP contribution in [0.5, 0.6) is 5.75 Å². The number of aromatic nitrogens is 1. The van der Waals surface area contributed by atoms with E-state index >= 15 is 0 Å². The Morgan fingerprint density at radius 2 is 2.07 bits per heavy atom. The molecule has 0 unspecified atom stereocenters. The van der Waals surface area contributed by atoms with Gasteiger partial charge in [-0.15, -0.1) is 0 Å². The summed E-state index contributed by atoms with van der Waals surface area (Å²) < 4.78 is 5.45. The number of ether oxygens (including phenoxy) is 1. The molecule has 0 radical (unpaired) electrons. The standard InChI is InChI=1S/C12H14BNO/c1-3-8-4-6-10-9(12(8)15-2)5-7-11(13)14-10/h4-7H,3,13H2,1-2H3. The summed E-state index contributed by atoms with van der Waals surface area (Å²) in [4.78, 5) is 4.48.